The zero-order valence-electron chi connectivity index (χ0n) is 11.3. The van der Waals surface area contributed by atoms with Crippen LogP contribution >= 0.6 is 0 Å². The highest BCUT2D eigenvalue weighted by Gasteiger charge is 2.20. The molecule has 0 saturated heterocycles. The van der Waals surface area contributed by atoms with E-state index < -0.39 is 9.84 Å². The van der Waals surface area contributed by atoms with Crippen molar-refractivity contribution in [1.29, 1.82) is 0 Å². The number of fused-ring (bicyclic) bond motifs is 1. The number of nitrogens with one attached hydrogen (secondary N) is 2. The zero-order valence-corrected chi connectivity index (χ0v) is 12.1. The smallest absolute Gasteiger partial charge is 0.147 e. The Morgan fingerprint density at radius 2 is 2.21 bits per heavy atom. The van der Waals surface area contributed by atoms with E-state index in [-0.39, 0.29) is 11.8 Å². The molecule has 0 aromatic heterocycles. The van der Waals surface area contributed by atoms with Gasteiger partial charge in [-0.3, -0.25) is 0 Å². The van der Waals surface area contributed by atoms with Gasteiger partial charge in [-0.2, -0.15) is 0 Å². The van der Waals surface area contributed by atoms with Crippen LogP contribution in [0.5, 0.6) is 5.75 Å². The molecule has 0 fully saturated rings. The molecule has 0 aliphatic carbocycles. The van der Waals surface area contributed by atoms with Gasteiger partial charge in [-0.1, -0.05) is 6.07 Å². The van der Waals surface area contributed by atoms with Crippen LogP contribution < -0.4 is 15.4 Å². The molecule has 6 heteroatoms. The Kier molecular flexibility index (Phi) is 4.19. The third kappa shape index (κ3) is 3.76. The van der Waals surface area contributed by atoms with Crippen molar-refractivity contribution in [3.63, 3.8) is 0 Å². The number of hydrogen-bond donors (Lipinski definition) is 2. The molecule has 0 spiro atoms. The van der Waals surface area contributed by atoms with Crippen molar-refractivity contribution >= 4 is 21.2 Å². The molecule has 0 amide bonds. The largest absolute Gasteiger partial charge is 0.492 e. The lowest BCUT2D eigenvalue weighted by Gasteiger charge is -2.29. The van der Waals surface area contributed by atoms with Crippen LogP contribution in [0.3, 0.4) is 0 Å². The van der Waals surface area contributed by atoms with Crippen LogP contribution in [-0.2, 0) is 9.84 Å². The van der Waals surface area contributed by atoms with Gasteiger partial charge in [0.2, 0.25) is 0 Å². The molecule has 19 heavy (non-hydrogen) atoms. The summed E-state index contributed by atoms with van der Waals surface area (Å²) in [6.45, 7) is 3.27. The first-order valence-corrected chi connectivity index (χ1v) is 8.49. The minimum absolute atomic E-state index is 0.124. The molecule has 5 nitrogen and oxygen atoms in total. The molecule has 1 aliphatic rings. The summed E-state index contributed by atoms with van der Waals surface area (Å²) in [5, 5.41) is 6.68. The van der Waals surface area contributed by atoms with E-state index in [9.17, 15) is 8.42 Å². The van der Waals surface area contributed by atoms with Gasteiger partial charge in [0.15, 0.2) is 0 Å². The van der Waals surface area contributed by atoms with Crippen LogP contribution in [0.4, 0.5) is 11.4 Å². The molecule has 1 aliphatic heterocycles. The number of benzene rings is 1. The first-order chi connectivity index (χ1) is 8.99. The van der Waals surface area contributed by atoms with Gasteiger partial charge < -0.3 is 15.4 Å². The molecule has 1 aromatic rings. The van der Waals surface area contributed by atoms with Crippen molar-refractivity contribution in [1.82, 2.24) is 0 Å². The van der Waals surface area contributed by atoms with Crippen LogP contribution in [0, 0.1) is 0 Å². The molecule has 1 heterocycles. The normalized spacial score (nSPS) is 18.1. The van der Waals surface area contributed by atoms with E-state index in [2.05, 4.69) is 10.6 Å². The van der Waals surface area contributed by atoms with Crippen LogP contribution in [0.25, 0.3) is 0 Å². The molecule has 2 N–H and O–H groups in total. The number of ether oxygens (including phenoxy) is 1. The summed E-state index contributed by atoms with van der Waals surface area (Å²) >= 11 is 0. The van der Waals surface area contributed by atoms with E-state index in [1.54, 1.807) is 0 Å². The maximum atomic E-state index is 11.2. The molecule has 1 aromatic carbocycles. The molecule has 0 saturated carbocycles. The zero-order chi connectivity index (χ0) is 13.9. The highest BCUT2D eigenvalue weighted by atomic mass is 32.2. The van der Waals surface area contributed by atoms with Crippen molar-refractivity contribution in [2.24, 2.45) is 0 Å². The van der Waals surface area contributed by atoms with Gasteiger partial charge in [0.1, 0.15) is 21.3 Å². The van der Waals surface area contributed by atoms with Gasteiger partial charge in [-0.15, -0.1) is 0 Å². The number of para-hydroxylation sites is 1. The number of anilines is 2. The van der Waals surface area contributed by atoms with E-state index in [1.165, 1.54) is 6.26 Å². The van der Waals surface area contributed by atoms with Crippen molar-refractivity contribution in [2.45, 2.75) is 19.4 Å². The Morgan fingerprint density at radius 3 is 2.89 bits per heavy atom. The number of sulfone groups is 1. The van der Waals surface area contributed by atoms with Crippen molar-refractivity contribution in [3.8, 4) is 5.75 Å². The van der Waals surface area contributed by atoms with E-state index in [1.807, 2.05) is 25.1 Å². The fourth-order valence-corrected chi connectivity index (χ4v) is 2.85. The molecule has 2 rings (SSSR count). The van der Waals surface area contributed by atoms with E-state index >= 15 is 0 Å². The summed E-state index contributed by atoms with van der Waals surface area (Å²) in [5.41, 5.74) is 1.93. The Balaban J connectivity index is 2.06. The summed E-state index contributed by atoms with van der Waals surface area (Å²) in [6, 6.07) is 5.95. The van der Waals surface area contributed by atoms with Gasteiger partial charge in [-0.05, 0) is 25.5 Å². The second-order valence-corrected chi connectivity index (χ2v) is 7.01. The number of hydrogen-bond acceptors (Lipinski definition) is 5. The highest BCUT2D eigenvalue weighted by Crippen LogP contribution is 2.35. The third-order valence-electron chi connectivity index (χ3n) is 3.05. The van der Waals surface area contributed by atoms with Crippen LogP contribution in [-0.4, -0.2) is 39.6 Å². The summed E-state index contributed by atoms with van der Waals surface area (Å²) in [7, 11) is -2.91. The molecule has 1 unspecified atom stereocenters. The average molecular weight is 284 g/mol. The molecule has 0 bridgehead atoms. The van der Waals surface area contributed by atoms with Gasteiger partial charge >= 0.3 is 0 Å². The second-order valence-electron chi connectivity index (χ2n) is 4.75. The Hall–Kier alpha value is -1.43. The summed E-state index contributed by atoms with van der Waals surface area (Å²) in [6.07, 6.45) is 1.87. The second kappa shape index (κ2) is 5.69. The maximum Gasteiger partial charge on any atom is 0.147 e. The SMILES string of the molecule is CCOc1cccc2c1NCC(CCS(C)(=O)=O)N2. The quantitative estimate of drug-likeness (QED) is 0.862. The van der Waals surface area contributed by atoms with Gasteiger partial charge in [0.25, 0.3) is 0 Å². The Labute approximate surface area is 114 Å². The van der Waals surface area contributed by atoms with Crippen molar-refractivity contribution in [3.05, 3.63) is 18.2 Å². The average Bonchev–Trinajstić information content (AvgIpc) is 2.36. The summed E-state index contributed by atoms with van der Waals surface area (Å²) in [4.78, 5) is 0. The molecular formula is C13H20N2O3S. The van der Waals surface area contributed by atoms with Gasteiger partial charge in [-0.25, -0.2) is 8.42 Å². The maximum absolute atomic E-state index is 11.2. The minimum atomic E-state index is -2.91. The van der Waals surface area contributed by atoms with Gasteiger partial charge in [0, 0.05) is 18.8 Å². The predicted octanol–water partition coefficient (Wildman–Crippen LogP) is 1.73. The van der Waals surface area contributed by atoms with Crippen LogP contribution in [0.15, 0.2) is 18.2 Å². The molecule has 106 valence electrons. The third-order valence-corrected chi connectivity index (χ3v) is 4.03. The van der Waals surface area contributed by atoms with Crippen molar-refractivity contribution < 1.29 is 13.2 Å². The fraction of sp³-hybridized carbons (Fsp3) is 0.538. The van der Waals surface area contributed by atoms with Crippen LogP contribution in [0.1, 0.15) is 13.3 Å². The lowest BCUT2D eigenvalue weighted by atomic mass is 10.1. The first kappa shape index (κ1) is 14.0. The Morgan fingerprint density at radius 1 is 1.42 bits per heavy atom. The van der Waals surface area contributed by atoms with Gasteiger partial charge in [0.05, 0.1) is 18.0 Å². The molecular weight excluding hydrogens is 264 g/mol. The lowest BCUT2D eigenvalue weighted by Crippen LogP contribution is -2.34. The molecule has 0 radical (unpaired) electrons. The van der Waals surface area contributed by atoms with E-state index in [4.69, 9.17) is 4.74 Å². The van der Waals surface area contributed by atoms with Crippen LogP contribution in [0.2, 0.25) is 0 Å². The standard InChI is InChI=1S/C13H20N2O3S/c1-3-18-12-6-4-5-11-13(12)14-9-10(15-11)7-8-19(2,16)17/h4-6,10,14-15H,3,7-9H2,1-2H3. The van der Waals surface area contributed by atoms with Crippen molar-refractivity contribution in [2.75, 3.05) is 35.8 Å². The minimum Gasteiger partial charge on any atom is -0.492 e. The summed E-state index contributed by atoms with van der Waals surface area (Å²) in [5.74, 6) is 1.03. The van der Waals surface area contributed by atoms with E-state index in [0.717, 1.165) is 17.1 Å². The van der Waals surface area contributed by atoms with E-state index in [0.29, 0.717) is 19.6 Å². The molecule has 1 atom stereocenters. The topological polar surface area (TPSA) is 67.4 Å². The lowest BCUT2D eigenvalue weighted by molar-refractivity contribution is 0.341. The monoisotopic (exact) mass is 284 g/mol. The summed E-state index contributed by atoms with van der Waals surface area (Å²) < 4.78 is 27.9. The number of rotatable bonds is 5. The first-order valence-electron chi connectivity index (χ1n) is 6.43. The Bertz CT molecular complexity index is 543. The fourth-order valence-electron chi connectivity index (χ4n) is 2.14. The predicted molar refractivity (Wildman–Crippen MR) is 77.8 cm³/mol. The highest BCUT2D eigenvalue weighted by molar-refractivity contribution is 7.90.